The second-order valence-corrected chi connectivity index (χ2v) is 10.1. The van der Waals surface area contributed by atoms with E-state index in [0.29, 0.717) is 0 Å². The Morgan fingerprint density at radius 3 is 1.35 bits per heavy atom. The minimum atomic E-state index is 0. The van der Waals surface area contributed by atoms with Crippen LogP contribution in [0.4, 0.5) is 0 Å². The minimum absolute atomic E-state index is 0. The molecule has 6 aliphatic carbocycles. The van der Waals surface area contributed by atoms with Crippen LogP contribution in [0.5, 0.6) is 0 Å². The quantitative estimate of drug-likeness (QED) is 0.413. The van der Waals surface area contributed by atoms with E-state index in [1.54, 1.807) is 11.1 Å². The zero-order chi connectivity index (χ0) is 18.8. The molecule has 31 heavy (non-hydrogen) atoms. The summed E-state index contributed by atoms with van der Waals surface area (Å²) in [5, 5.41) is 0. The van der Waals surface area contributed by atoms with Crippen LogP contribution in [-0.4, -0.2) is 0 Å². The summed E-state index contributed by atoms with van der Waals surface area (Å²) >= 11 is 0. The first-order valence-electron chi connectivity index (χ1n) is 12.4. The second-order valence-electron chi connectivity index (χ2n) is 10.1. The Morgan fingerprint density at radius 1 is 0.581 bits per heavy atom. The van der Waals surface area contributed by atoms with Crippen molar-refractivity contribution in [3.8, 4) is 0 Å². The van der Waals surface area contributed by atoms with Crippen LogP contribution in [0.25, 0.3) is 0 Å². The van der Waals surface area contributed by atoms with Gasteiger partial charge in [0.15, 0.2) is 0 Å². The average Bonchev–Trinajstić information content (AvgIpc) is 3.54. The zero-order valence-corrected chi connectivity index (χ0v) is 24.6. The normalized spacial score (nSPS) is 29.0. The average molecular weight is 626 g/mol. The van der Waals surface area contributed by atoms with Gasteiger partial charge in [-0.15, -0.1) is 24.3 Å². The van der Waals surface area contributed by atoms with Gasteiger partial charge in [-0.2, -0.15) is 0 Å². The number of rotatable bonds is 2. The fourth-order valence-electron chi connectivity index (χ4n) is 7.02. The molecule has 0 aromatic rings. The third-order valence-corrected chi connectivity index (χ3v) is 8.51. The predicted molar refractivity (Wildman–Crippen MR) is 120 cm³/mol. The Kier molecular flexibility index (Phi) is 12.0. The maximum Gasteiger partial charge on any atom is 4.00 e. The Hall–Kier alpha value is 0.543. The van der Waals surface area contributed by atoms with E-state index in [1.165, 1.54) is 89.9 Å². The molecule has 0 amide bonds. The minimum Gasteiger partial charge on any atom is -1.00 e. The molecule has 0 spiro atoms. The molecular formula is C28H38Br2Zr. The van der Waals surface area contributed by atoms with Crippen LogP contribution in [0.15, 0.2) is 47.6 Å². The van der Waals surface area contributed by atoms with Gasteiger partial charge in [0.25, 0.3) is 0 Å². The summed E-state index contributed by atoms with van der Waals surface area (Å²) in [5.41, 5.74) is 3.47. The van der Waals surface area contributed by atoms with Crippen molar-refractivity contribution in [3.05, 3.63) is 59.4 Å². The van der Waals surface area contributed by atoms with E-state index in [1.807, 2.05) is 11.8 Å². The van der Waals surface area contributed by atoms with Crippen LogP contribution in [0, 0.1) is 35.5 Å². The second kappa shape index (κ2) is 13.4. The molecule has 4 fully saturated rings. The molecule has 3 heteroatoms. The molecule has 0 radical (unpaired) electrons. The van der Waals surface area contributed by atoms with Crippen LogP contribution in [-0.2, 0) is 26.2 Å². The molecule has 0 aliphatic heterocycles. The van der Waals surface area contributed by atoms with Crippen molar-refractivity contribution in [1.29, 1.82) is 0 Å². The number of allylic oxidation sites excluding steroid dienone is 8. The standard InChI is InChI=1S/2C14H19.2BrH.Zr/c2*1-2-6-11(5-1)14-10-9-12-7-3-4-8-13(12)14;;;/h2*3-4,8,11-12H,1-2,5-7,9-10H2;2*1H;/q2*-1;;;+4/p-2. The van der Waals surface area contributed by atoms with Crippen LogP contribution in [0.2, 0.25) is 0 Å². The Bertz CT molecular complexity index is 606. The van der Waals surface area contributed by atoms with Crippen molar-refractivity contribution < 1.29 is 60.2 Å². The molecule has 0 N–H and O–H groups in total. The van der Waals surface area contributed by atoms with Gasteiger partial charge >= 0.3 is 26.2 Å². The largest absolute Gasteiger partial charge is 4.00 e. The van der Waals surface area contributed by atoms with Crippen LogP contribution in [0.3, 0.4) is 0 Å². The summed E-state index contributed by atoms with van der Waals surface area (Å²) in [6.45, 7) is 0. The molecule has 0 aromatic heterocycles. The van der Waals surface area contributed by atoms with Gasteiger partial charge < -0.3 is 34.0 Å². The summed E-state index contributed by atoms with van der Waals surface area (Å²) in [7, 11) is 0. The first-order valence-corrected chi connectivity index (χ1v) is 12.4. The van der Waals surface area contributed by atoms with Crippen LogP contribution >= 0.6 is 0 Å². The van der Waals surface area contributed by atoms with Gasteiger partial charge in [-0.05, 0) is 24.7 Å². The van der Waals surface area contributed by atoms with Crippen molar-refractivity contribution in [3.63, 3.8) is 0 Å². The maximum absolute atomic E-state index is 2.40. The molecule has 6 rings (SSSR count). The summed E-state index contributed by atoms with van der Waals surface area (Å²) in [6.07, 6.45) is 34.1. The van der Waals surface area contributed by atoms with E-state index in [0.717, 1.165) is 23.7 Å². The van der Waals surface area contributed by atoms with Gasteiger partial charge in [0.1, 0.15) is 0 Å². The molecule has 0 bridgehead atoms. The molecule has 168 valence electrons. The van der Waals surface area contributed by atoms with E-state index in [9.17, 15) is 0 Å². The monoisotopic (exact) mass is 622 g/mol. The number of hydrogen-bond donors (Lipinski definition) is 0. The molecule has 2 atom stereocenters. The van der Waals surface area contributed by atoms with Crippen molar-refractivity contribution in [1.82, 2.24) is 0 Å². The SMILES string of the molecule is C1=CCC2CC[C-](C3CCCC3)C2=C1.C1=CCC2CC[C-](C3CCCC3)C2=C1.[Br-].[Br-].[Zr+4]. The molecule has 0 saturated heterocycles. The van der Waals surface area contributed by atoms with Gasteiger partial charge in [-0.25, -0.2) is 35.1 Å². The molecule has 6 aliphatic rings. The maximum atomic E-state index is 2.40. The van der Waals surface area contributed by atoms with E-state index >= 15 is 0 Å². The van der Waals surface area contributed by atoms with Crippen LogP contribution < -0.4 is 34.0 Å². The van der Waals surface area contributed by atoms with Gasteiger partial charge in [-0.1, -0.05) is 88.9 Å². The van der Waals surface area contributed by atoms with Gasteiger partial charge in [0, 0.05) is 0 Å². The van der Waals surface area contributed by atoms with E-state index in [4.69, 9.17) is 0 Å². The smallest absolute Gasteiger partial charge is 1.00 e. The first-order chi connectivity index (χ1) is 13.9. The Morgan fingerprint density at radius 2 is 0.968 bits per heavy atom. The summed E-state index contributed by atoms with van der Waals surface area (Å²) in [6, 6.07) is 0. The van der Waals surface area contributed by atoms with Crippen molar-refractivity contribution in [2.45, 2.75) is 89.9 Å². The number of halogens is 2. The van der Waals surface area contributed by atoms with Gasteiger partial charge in [0.05, 0.1) is 0 Å². The van der Waals surface area contributed by atoms with E-state index in [-0.39, 0.29) is 60.2 Å². The fourth-order valence-corrected chi connectivity index (χ4v) is 7.02. The first kappa shape index (κ1) is 27.8. The predicted octanol–water partition coefficient (Wildman–Crippen LogP) is 2.10. The summed E-state index contributed by atoms with van der Waals surface area (Å²) in [4.78, 5) is 0. The topological polar surface area (TPSA) is 0 Å². The third-order valence-electron chi connectivity index (χ3n) is 8.51. The molecule has 0 aromatic carbocycles. The third kappa shape index (κ3) is 6.36. The van der Waals surface area contributed by atoms with Crippen molar-refractivity contribution in [2.24, 2.45) is 23.7 Å². The molecule has 4 saturated carbocycles. The summed E-state index contributed by atoms with van der Waals surface area (Å²) in [5.74, 6) is 7.43. The van der Waals surface area contributed by atoms with Gasteiger partial charge in [0.2, 0.25) is 0 Å². The Balaban J connectivity index is 0.000000201. The summed E-state index contributed by atoms with van der Waals surface area (Å²) < 4.78 is 0. The molecule has 2 unspecified atom stereocenters. The van der Waals surface area contributed by atoms with Crippen molar-refractivity contribution in [2.75, 3.05) is 0 Å². The number of fused-ring (bicyclic) bond motifs is 2. The van der Waals surface area contributed by atoms with E-state index < -0.39 is 0 Å². The fraction of sp³-hybridized carbons (Fsp3) is 0.643. The number of hydrogen-bond acceptors (Lipinski definition) is 0. The molecular weight excluding hydrogens is 587 g/mol. The Labute approximate surface area is 231 Å². The van der Waals surface area contributed by atoms with Gasteiger partial charge in [-0.3, -0.25) is 0 Å². The zero-order valence-electron chi connectivity index (χ0n) is 18.9. The van der Waals surface area contributed by atoms with Crippen molar-refractivity contribution >= 4 is 0 Å². The van der Waals surface area contributed by atoms with Crippen LogP contribution in [0.1, 0.15) is 89.9 Å². The molecule has 0 nitrogen and oxygen atoms in total. The van der Waals surface area contributed by atoms with E-state index in [2.05, 4.69) is 36.5 Å². The molecule has 0 heterocycles.